The molecular weight excluding hydrogens is 399 g/mol. The number of methoxy groups -OCH3 is 1. The van der Waals surface area contributed by atoms with Crippen LogP contribution in [0.1, 0.15) is 21.0 Å². The number of pyridine rings is 1. The van der Waals surface area contributed by atoms with Crippen LogP contribution in [-0.2, 0) is 14.9 Å². The number of Topliss-reactive ketones (excluding diaryl/α,β-unsaturated/α-hetero) is 1. The maximum Gasteiger partial charge on any atom is 0.534 e. The SMILES string of the molecule is COC(=O)c1ccc(OS(=O)(=O)C(F)(F)F)c(C(=O)CBr)n1. The van der Waals surface area contributed by atoms with E-state index in [9.17, 15) is 31.2 Å². The molecule has 0 saturated carbocycles. The zero-order valence-electron chi connectivity index (χ0n) is 10.7. The Bertz CT molecular complexity index is 703. The molecule has 1 heterocycles. The van der Waals surface area contributed by atoms with Crippen LogP contribution in [-0.4, -0.2) is 43.1 Å². The molecule has 0 aliphatic carbocycles. The van der Waals surface area contributed by atoms with Crippen LogP contribution in [0.4, 0.5) is 13.2 Å². The minimum atomic E-state index is -5.98. The van der Waals surface area contributed by atoms with Crippen molar-refractivity contribution in [3.63, 3.8) is 0 Å². The summed E-state index contributed by atoms with van der Waals surface area (Å²) in [5, 5.41) is -0.382. The number of ketones is 1. The van der Waals surface area contributed by atoms with Crippen molar-refractivity contribution in [1.29, 1.82) is 0 Å². The van der Waals surface area contributed by atoms with Crippen LogP contribution in [0, 0.1) is 0 Å². The van der Waals surface area contributed by atoms with Gasteiger partial charge < -0.3 is 8.92 Å². The lowest BCUT2D eigenvalue weighted by Crippen LogP contribution is -2.29. The van der Waals surface area contributed by atoms with Gasteiger partial charge in [-0.2, -0.15) is 21.6 Å². The van der Waals surface area contributed by atoms with Crippen LogP contribution in [0.15, 0.2) is 12.1 Å². The molecule has 1 aromatic heterocycles. The Morgan fingerprint density at radius 2 is 1.91 bits per heavy atom. The van der Waals surface area contributed by atoms with Crippen LogP contribution in [0.2, 0.25) is 0 Å². The molecule has 1 aromatic rings. The van der Waals surface area contributed by atoms with Crippen molar-refractivity contribution in [3.8, 4) is 5.75 Å². The van der Waals surface area contributed by atoms with Gasteiger partial charge in [0.1, 0.15) is 5.69 Å². The van der Waals surface area contributed by atoms with Gasteiger partial charge in [0.2, 0.25) is 0 Å². The number of nitrogens with zero attached hydrogens (tertiary/aromatic N) is 1. The summed E-state index contributed by atoms with van der Waals surface area (Å²) in [5.41, 5.74) is -6.83. The molecule has 0 atom stereocenters. The van der Waals surface area contributed by atoms with Crippen molar-refractivity contribution in [2.75, 3.05) is 12.4 Å². The third-order valence-electron chi connectivity index (χ3n) is 2.12. The van der Waals surface area contributed by atoms with Crippen LogP contribution in [0.25, 0.3) is 0 Å². The van der Waals surface area contributed by atoms with Gasteiger partial charge in [0.15, 0.2) is 17.2 Å². The molecule has 22 heavy (non-hydrogen) atoms. The Balaban J connectivity index is 3.37. The molecule has 0 aliphatic heterocycles. The van der Waals surface area contributed by atoms with Crippen molar-refractivity contribution in [2.45, 2.75) is 5.51 Å². The van der Waals surface area contributed by atoms with Crippen molar-refractivity contribution in [1.82, 2.24) is 4.98 Å². The van der Waals surface area contributed by atoms with Crippen LogP contribution in [0.5, 0.6) is 5.75 Å². The zero-order valence-corrected chi connectivity index (χ0v) is 13.1. The zero-order chi connectivity index (χ0) is 17.1. The lowest BCUT2D eigenvalue weighted by atomic mass is 10.2. The van der Waals surface area contributed by atoms with E-state index in [1.165, 1.54) is 0 Å². The number of rotatable bonds is 5. The lowest BCUT2D eigenvalue weighted by Gasteiger charge is -2.12. The summed E-state index contributed by atoms with van der Waals surface area (Å²) in [5.74, 6) is -2.80. The molecular formula is C10H7BrF3NO6S. The Morgan fingerprint density at radius 3 is 2.36 bits per heavy atom. The van der Waals surface area contributed by atoms with E-state index in [2.05, 4.69) is 29.8 Å². The molecule has 0 amide bonds. The highest BCUT2D eigenvalue weighted by molar-refractivity contribution is 9.09. The van der Waals surface area contributed by atoms with E-state index in [0.717, 1.165) is 13.2 Å². The lowest BCUT2D eigenvalue weighted by molar-refractivity contribution is -0.0500. The molecule has 0 fully saturated rings. The van der Waals surface area contributed by atoms with Gasteiger partial charge in [-0.05, 0) is 12.1 Å². The summed E-state index contributed by atoms with van der Waals surface area (Å²) in [6.07, 6.45) is 0. The fourth-order valence-electron chi connectivity index (χ4n) is 1.16. The molecule has 0 N–H and O–H groups in total. The molecule has 7 nitrogen and oxygen atoms in total. The highest BCUT2D eigenvalue weighted by atomic mass is 79.9. The van der Waals surface area contributed by atoms with Crippen molar-refractivity contribution >= 4 is 37.8 Å². The van der Waals surface area contributed by atoms with Crippen molar-refractivity contribution < 1.29 is 40.1 Å². The third-order valence-corrected chi connectivity index (χ3v) is 3.60. The highest BCUT2D eigenvalue weighted by Gasteiger charge is 2.49. The average molecular weight is 406 g/mol. The second-order valence-corrected chi connectivity index (χ2v) is 5.67. The van der Waals surface area contributed by atoms with Crippen LogP contribution >= 0.6 is 15.9 Å². The molecule has 122 valence electrons. The van der Waals surface area contributed by atoms with Gasteiger partial charge in [-0.1, -0.05) is 15.9 Å². The Hall–Kier alpha value is -1.69. The summed E-state index contributed by atoms with van der Waals surface area (Å²) in [7, 11) is -4.96. The van der Waals surface area contributed by atoms with Crippen LogP contribution < -0.4 is 4.18 Å². The maximum atomic E-state index is 12.3. The number of halogens is 4. The third kappa shape index (κ3) is 3.94. The number of carbonyl (C=O) groups excluding carboxylic acids is 2. The average Bonchev–Trinajstić information content (AvgIpc) is 2.44. The summed E-state index contributed by atoms with van der Waals surface area (Å²) in [6.45, 7) is 0. The topological polar surface area (TPSA) is 99.6 Å². The fraction of sp³-hybridized carbons (Fsp3) is 0.300. The van der Waals surface area contributed by atoms with Gasteiger partial charge >= 0.3 is 21.6 Å². The van der Waals surface area contributed by atoms with Gasteiger partial charge in [-0.15, -0.1) is 0 Å². The first-order chi connectivity index (χ1) is 10.0. The Kier molecular flexibility index (Phi) is 5.51. The molecule has 0 unspecified atom stereocenters. The predicted octanol–water partition coefficient (Wildman–Crippen LogP) is 1.67. The van der Waals surface area contributed by atoms with Gasteiger partial charge in [0.05, 0.1) is 12.4 Å². The smallest absolute Gasteiger partial charge is 0.464 e. The first-order valence-corrected chi connectivity index (χ1v) is 7.75. The molecule has 0 spiro atoms. The number of hydrogen-bond acceptors (Lipinski definition) is 7. The van der Waals surface area contributed by atoms with Gasteiger partial charge in [-0.3, -0.25) is 4.79 Å². The van der Waals surface area contributed by atoms with Crippen LogP contribution in [0.3, 0.4) is 0 Å². The fourth-order valence-corrected chi connectivity index (χ4v) is 1.89. The Morgan fingerprint density at radius 1 is 1.32 bits per heavy atom. The summed E-state index contributed by atoms with van der Waals surface area (Å²) in [6, 6.07) is 1.57. The van der Waals surface area contributed by atoms with Crippen molar-refractivity contribution in [3.05, 3.63) is 23.5 Å². The maximum absolute atomic E-state index is 12.3. The minimum Gasteiger partial charge on any atom is -0.464 e. The number of ether oxygens (including phenoxy) is 1. The molecule has 12 heteroatoms. The highest BCUT2D eigenvalue weighted by Crippen LogP contribution is 2.29. The second kappa shape index (κ2) is 6.60. The molecule has 0 aromatic carbocycles. The van der Waals surface area contributed by atoms with Gasteiger partial charge in [0.25, 0.3) is 0 Å². The first-order valence-electron chi connectivity index (χ1n) is 5.22. The summed E-state index contributed by atoms with van der Waals surface area (Å²) >= 11 is 2.75. The number of hydrogen-bond donors (Lipinski definition) is 0. The number of carbonyl (C=O) groups is 2. The molecule has 1 rings (SSSR count). The predicted molar refractivity (Wildman–Crippen MR) is 69.3 cm³/mol. The standard InChI is InChI=1S/C10H7BrF3NO6S/c1-20-9(17)5-2-3-7(8(15-5)6(16)4-11)21-22(18,19)10(12,13)14/h2-3H,4H2,1H3. The van der Waals surface area contributed by atoms with E-state index in [1.807, 2.05) is 0 Å². The van der Waals surface area contributed by atoms with Gasteiger partial charge in [0, 0.05) is 0 Å². The van der Waals surface area contributed by atoms with Crippen molar-refractivity contribution in [2.24, 2.45) is 0 Å². The first kappa shape index (κ1) is 18.4. The quantitative estimate of drug-likeness (QED) is 0.241. The molecule has 0 bridgehead atoms. The molecule has 0 radical (unpaired) electrons. The van der Waals surface area contributed by atoms with E-state index >= 15 is 0 Å². The van der Waals surface area contributed by atoms with E-state index in [4.69, 9.17) is 0 Å². The molecule has 0 aliphatic rings. The normalized spacial score (nSPS) is 11.9. The number of esters is 1. The minimum absolute atomic E-state index is 0.382. The molecule has 0 saturated heterocycles. The van der Waals surface area contributed by atoms with E-state index in [0.29, 0.717) is 6.07 Å². The van der Waals surface area contributed by atoms with Gasteiger partial charge in [-0.25, -0.2) is 9.78 Å². The summed E-state index contributed by atoms with van der Waals surface area (Å²) in [4.78, 5) is 26.4. The monoisotopic (exact) mass is 405 g/mol. The van der Waals surface area contributed by atoms with E-state index in [1.54, 1.807) is 0 Å². The number of alkyl halides is 4. The largest absolute Gasteiger partial charge is 0.534 e. The second-order valence-electron chi connectivity index (χ2n) is 3.57. The Labute approximate surface area is 130 Å². The van der Waals surface area contributed by atoms with E-state index < -0.39 is 44.5 Å². The summed E-state index contributed by atoms with van der Waals surface area (Å²) < 4.78 is 67.0. The van der Waals surface area contributed by atoms with E-state index in [-0.39, 0.29) is 5.33 Å². The number of aromatic nitrogens is 1.